The number of aromatic nitrogens is 4. The van der Waals surface area contributed by atoms with Crippen LogP contribution in [0.1, 0.15) is 22.3 Å². The predicted molar refractivity (Wildman–Crippen MR) is 261 cm³/mol. The SMILES string of the molecule is c1ccc(-c2nc(-c3ccccc3)nc(-c3ccc(-n4c5ccccc5c5ccc6c(c54)Sc4ccccc4C64c5ccccc5N(c5ccccc5)c5ccccc54)cc3)n2)cc1. The molecule has 9 aromatic carbocycles. The molecule has 11 aromatic rings. The van der Waals surface area contributed by atoms with Gasteiger partial charge in [-0.2, -0.15) is 0 Å². The Morgan fingerprint density at radius 2 is 0.859 bits per heavy atom. The molecule has 64 heavy (non-hydrogen) atoms. The van der Waals surface area contributed by atoms with E-state index in [4.69, 9.17) is 15.0 Å². The Balaban J connectivity index is 1.05. The van der Waals surface area contributed by atoms with Crippen molar-refractivity contribution in [3.8, 4) is 39.9 Å². The van der Waals surface area contributed by atoms with E-state index in [0.717, 1.165) is 33.6 Å². The van der Waals surface area contributed by atoms with Crippen LogP contribution in [-0.4, -0.2) is 19.5 Å². The molecule has 0 aliphatic carbocycles. The molecule has 4 heterocycles. The largest absolute Gasteiger partial charge is 0.310 e. The summed E-state index contributed by atoms with van der Waals surface area (Å²) < 4.78 is 2.47. The zero-order valence-electron chi connectivity index (χ0n) is 34.5. The van der Waals surface area contributed by atoms with E-state index in [1.807, 2.05) is 72.4 Å². The third-order valence-electron chi connectivity index (χ3n) is 12.9. The molecule has 0 saturated carbocycles. The first-order valence-electron chi connectivity index (χ1n) is 21.6. The lowest BCUT2D eigenvalue weighted by atomic mass is 9.62. The second-order valence-electron chi connectivity index (χ2n) is 16.3. The highest BCUT2D eigenvalue weighted by Gasteiger charge is 2.51. The summed E-state index contributed by atoms with van der Waals surface area (Å²) in [6.07, 6.45) is 0. The van der Waals surface area contributed by atoms with Crippen molar-refractivity contribution in [1.29, 1.82) is 0 Å². The van der Waals surface area contributed by atoms with Crippen LogP contribution >= 0.6 is 11.8 Å². The van der Waals surface area contributed by atoms with Crippen molar-refractivity contribution in [2.45, 2.75) is 15.2 Å². The van der Waals surface area contributed by atoms with Gasteiger partial charge in [0.15, 0.2) is 17.5 Å². The van der Waals surface area contributed by atoms with Crippen molar-refractivity contribution < 1.29 is 0 Å². The maximum Gasteiger partial charge on any atom is 0.164 e. The number of fused-ring (bicyclic) bond motifs is 12. The summed E-state index contributed by atoms with van der Waals surface area (Å²) in [5.74, 6) is 1.92. The molecule has 2 aliphatic heterocycles. The number of hydrogen-bond donors (Lipinski definition) is 0. The maximum atomic E-state index is 5.04. The van der Waals surface area contributed by atoms with Gasteiger partial charge in [0.05, 0.1) is 27.8 Å². The second-order valence-corrected chi connectivity index (χ2v) is 17.4. The molecule has 0 saturated heterocycles. The van der Waals surface area contributed by atoms with Gasteiger partial charge in [-0.1, -0.05) is 176 Å². The molecule has 6 heteroatoms. The fourth-order valence-corrected chi connectivity index (χ4v) is 11.5. The summed E-state index contributed by atoms with van der Waals surface area (Å²) >= 11 is 1.89. The monoisotopic (exact) mass is 835 g/mol. The Labute approximate surface area is 375 Å². The van der Waals surface area contributed by atoms with Crippen molar-refractivity contribution in [1.82, 2.24) is 19.5 Å². The molecule has 0 bridgehead atoms. The molecule has 2 aliphatic rings. The van der Waals surface area contributed by atoms with E-state index in [-0.39, 0.29) is 0 Å². The summed E-state index contributed by atoms with van der Waals surface area (Å²) in [4.78, 5) is 20.0. The molecule has 2 aromatic heterocycles. The van der Waals surface area contributed by atoms with E-state index in [9.17, 15) is 0 Å². The van der Waals surface area contributed by atoms with Crippen LogP contribution in [0.5, 0.6) is 0 Å². The van der Waals surface area contributed by atoms with Gasteiger partial charge in [-0.15, -0.1) is 0 Å². The maximum absolute atomic E-state index is 5.04. The molecule has 13 rings (SSSR count). The molecule has 0 unspecified atom stereocenters. The van der Waals surface area contributed by atoms with Crippen molar-refractivity contribution in [3.05, 3.63) is 247 Å². The number of hydrogen-bond acceptors (Lipinski definition) is 5. The van der Waals surface area contributed by atoms with Crippen LogP contribution in [-0.2, 0) is 5.41 Å². The van der Waals surface area contributed by atoms with Gasteiger partial charge in [0.25, 0.3) is 0 Å². The highest BCUT2D eigenvalue weighted by molar-refractivity contribution is 7.99. The summed E-state index contributed by atoms with van der Waals surface area (Å²) in [5, 5.41) is 2.44. The number of nitrogens with zero attached hydrogens (tertiary/aromatic N) is 5. The third kappa shape index (κ3) is 5.42. The van der Waals surface area contributed by atoms with Gasteiger partial charge in [-0.3, -0.25) is 0 Å². The topological polar surface area (TPSA) is 46.8 Å². The van der Waals surface area contributed by atoms with Crippen LogP contribution < -0.4 is 4.90 Å². The van der Waals surface area contributed by atoms with Crippen molar-refractivity contribution in [2.24, 2.45) is 0 Å². The molecule has 5 nitrogen and oxygen atoms in total. The molecule has 300 valence electrons. The van der Waals surface area contributed by atoms with E-state index in [2.05, 4.69) is 173 Å². The van der Waals surface area contributed by atoms with E-state index in [0.29, 0.717) is 17.5 Å². The van der Waals surface area contributed by atoms with Crippen LogP contribution in [0.3, 0.4) is 0 Å². The zero-order valence-corrected chi connectivity index (χ0v) is 35.3. The van der Waals surface area contributed by atoms with Gasteiger partial charge in [0.1, 0.15) is 0 Å². The summed E-state index contributed by atoms with van der Waals surface area (Å²) in [6.45, 7) is 0. The molecular weight excluding hydrogens is 799 g/mol. The molecule has 1 spiro atoms. The average molecular weight is 836 g/mol. The van der Waals surface area contributed by atoms with E-state index >= 15 is 0 Å². The minimum absolute atomic E-state index is 0.597. The van der Waals surface area contributed by atoms with Gasteiger partial charge in [-0.25, -0.2) is 15.0 Å². The highest BCUT2D eigenvalue weighted by Crippen LogP contribution is 2.64. The highest BCUT2D eigenvalue weighted by atomic mass is 32.2. The second kappa shape index (κ2) is 14.5. The van der Waals surface area contributed by atoms with Crippen LogP contribution in [0, 0.1) is 0 Å². The van der Waals surface area contributed by atoms with Crippen molar-refractivity contribution >= 4 is 50.6 Å². The quantitative estimate of drug-likeness (QED) is 0.173. The average Bonchev–Trinajstić information content (AvgIpc) is 3.72. The fraction of sp³-hybridized carbons (Fsp3) is 0.0172. The third-order valence-corrected chi connectivity index (χ3v) is 14.1. The van der Waals surface area contributed by atoms with Crippen LogP contribution in [0.15, 0.2) is 234 Å². The van der Waals surface area contributed by atoms with Crippen LogP contribution in [0.4, 0.5) is 17.1 Å². The predicted octanol–water partition coefficient (Wildman–Crippen LogP) is 14.6. The smallest absolute Gasteiger partial charge is 0.164 e. The molecule has 0 N–H and O–H groups in total. The standard InChI is InChI=1S/C58H37N5S/c1-4-18-38(19-5-1)55-59-56(39-20-6-2-7-21-39)61-57(60-55)40-32-34-42(35-33-40)63-49-28-14-10-24-43(49)44-36-37-48-54(53(44)63)64-52-31-17-13-27-47(52)58(48)45-25-11-15-29-50(45)62(41-22-8-3-9-23-41)51-30-16-12-26-46(51)58/h1-37H. The van der Waals surface area contributed by atoms with Crippen LogP contribution in [0.25, 0.3) is 61.7 Å². The van der Waals surface area contributed by atoms with E-state index < -0.39 is 5.41 Å². The Kier molecular flexibility index (Phi) is 8.30. The fourth-order valence-electron chi connectivity index (χ4n) is 10.2. The van der Waals surface area contributed by atoms with E-state index in [1.54, 1.807) is 0 Å². The first-order chi connectivity index (χ1) is 31.8. The molecule has 0 radical (unpaired) electrons. The first-order valence-corrected chi connectivity index (χ1v) is 22.4. The Bertz CT molecular complexity index is 3480. The number of benzene rings is 9. The minimum Gasteiger partial charge on any atom is -0.310 e. The number of para-hydroxylation sites is 4. The molecule has 0 fully saturated rings. The van der Waals surface area contributed by atoms with Gasteiger partial charge in [0.2, 0.25) is 0 Å². The van der Waals surface area contributed by atoms with Crippen molar-refractivity contribution in [3.63, 3.8) is 0 Å². The van der Waals surface area contributed by atoms with Crippen LogP contribution in [0.2, 0.25) is 0 Å². The summed E-state index contributed by atoms with van der Waals surface area (Å²) in [6, 6.07) is 80.5. The zero-order chi connectivity index (χ0) is 42.2. The molecule has 0 amide bonds. The summed E-state index contributed by atoms with van der Waals surface area (Å²) in [5.41, 5.74) is 14.2. The molecule has 0 atom stereocenters. The summed E-state index contributed by atoms with van der Waals surface area (Å²) in [7, 11) is 0. The minimum atomic E-state index is -0.597. The molecular formula is C58H37N5S. The Morgan fingerprint density at radius 3 is 1.48 bits per heavy atom. The lowest BCUT2D eigenvalue weighted by molar-refractivity contribution is 0.694. The van der Waals surface area contributed by atoms with E-state index in [1.165, 1.54) is 59.7 Å². The Hall–Kier alpha value is -8.06. The normalized spacial score (nSPS) is 13.3. The van der Waals surface area contributed by atoms with Gasteiger partial charge in [0, 0.05) is 48.6 Å². The van der Waals surface area contributed by atoms with Gasteiger partial charge in [-0.05, 0) is 82.9 Å². The van der Waals surface area contributed by atoms with Crippen molar-refractivity contribution in [2.75, 3.05) is 4.90 Å². The van der Waals surface area contributed by atoms with Gasteiger partial charge >= 0.3 is 0 Å². The first kappa shape index (κ1) is 36.6. The number of rotatable bonds is 5. The Morgan fingerprint density at radius 1 is 0.359 bits per heavy atom. The van der Waals surface area contributed by atoms with Gasteiger partial charge < -0.3 is 9.47 Å². The lowest BCUT2D eigenvalue weighted by Gasteiger charge is -2.49. The number of anilines is 3. The lowest BCUT2D eigenvalue weighted by Crippen LogP contribution is -2.39.